The van der Waals surface area contributed by atoms with Crippen LogP contribution >= 0.6 is 0 Å². The topological polar surface area (TPSA) is 92.7 Å². The van der Waals surface area contributed by atoms with Gasteiger partial charge in [-0.05, 0) is 36.4 Å². The average molecular weight is 420 g/mol. The summed E-state index contributed by atoms with van der Waals surface area (Å²) in [7, 11) is 1.58. The standard InChI is InChI=1S/C22H24N6O3/c1-30-18-4-2-3-5-19(18)31-16-22(29)28-14-12-27(13-15-28)21-7-6-20(25-26-21)24-17-8-10-23-11-9-17/h2-11H,12-16H2,1H3,(H,23,24,25). The monoisotopic (exact) mass is 420 g/mol. The highest BCUT2D eigenvalue weighted by Gasteiger charge is 2.22. The lowest BCUT2D eigenvalue weighted by atomic mass is 10.3. The van der Waals surface area contributed by atoms with Gasteiger partial charge in [0.1, 0.15) is 0 Å². The van der Waals surface area contributed by atoms with E-state index in [1.807, 2.05) is 36.4 Å². The summed E-state index contributed by atoms with van der Waals surface area (Å²) in [5, 5.41) is 11.8. The molecule has 1 N–H and O–H groups in total. The molecule has 0 atom stereocenters. The molecular weight excluding hydrogens is 396 g/mol. The molecule has 31 heavy (non-hydrogen) atoms. The highest BCUT2D eigenvalue weighted by molar-refractivity contribution is 5.78. The number of hydrogen-bond donors (Lipinski definition) is 1. The molecule has 4 rings (SSSR count). The molecule has 3 heterocycles. The van der Waals surface area contributed by atoms with Crippen molar-refractivity contribution >= 4 is 23.2 Å². The Morgan fingerprint density at radius 3 is 2.39 bits per heavy atom. The van der Waals surface area contributed by atoms with Crippen LogP contribution in [0.4, 0.5) is 17.3 Å². The Bertz CT molecular complexity index is 992. The summed E-state index contributed by atoms with van der Waals surface area (Å²) < 4.78 is 10.9. The van der Waals surface area contributed by atoms with Gasteiger partial charge in [-0.2, -0.15) is 0 Å². The van der Waals surface area contributed by atoms with Gasteiger partial charge in [0.25, 0.3) is 5.91 Å². The Labute approximate surface area is 180 Å². The van der Waals surface area contributed by atoms with Crippen molar-refractivity contribution in [3.05, 3.63) is 60.9 Å². The minimum absolute atomic E-state index is 0.0183. The van der Waals surface area contributed by atoms with Crippen LogP contribution in [0.15, 0.2) is 60.9 Å². The van der Waals surface area contributed by atoms with Gasteiger partial charge in [-0.1, -0.05) is 12.1 Å². The summed E-state index contributed by atoms with van der Waals surface area (Å²) in [4.78, 5) is 20.4. The number of nitrogens with zero attached hydrogens (tertiary/aromatic N) is 5. The number of pyridine rings is 1. The Balaban J connectivity index is 1.26. The molecule has 9 heteroatoms. The number of aromatic nitrogens is 3. The summed E-state index contributed by atoms with van der Waals surface area (Å²) in [5.74, 6) is 2.58. The Kier molecular flexibility index (Phi) is 6.41. The molecule has 0 saturated carbocycles. The number of para-hydroxylation sites is 2. The molecule has 1 aliphatic rings. The molecular formula is C22H24N6O3. The quantitative estimate of drug-likeness (QED) is 0.623. The summed E-state index contributed by atoms with van der Waals surface area (Å²) >= 11 is 0. The van der Waals surface area contributed by atoms with E-state index in [0.717, 1.165) is 11.5 Å². The Morgan fingerprint density at radius 1 is 0.968 bits per heavy atom. The maximum Gasteiger partial charge on any atom is 0.260 e. The fourth-order valence-corrected chi connectivity index (χ4v) is 3.30. The lowest BCUT2D eigenvalue weighted by Gasteiger charge is -2.35. The molecule has 1 amide bonds. The van der Waals surface area contributed by atoms with Gasteiger partial charge in [-0.15, -0.1) is 10.2 Å². The summed E-state index contributed by atoms with van der Waals surface area (Å²) in [6.07, 6.45) is 3.43. The van der Waals surface area contributed by atoms with Gasteiger partial charge in [0.2, 0.25) is 0 Å². The van der Waals surface area contributed by atoms with Crippen LogP contribution in [0.1, 0.15) is 0 Å². The van der Waals surface area contributed by atoms with Crippen molar-refractivity contribution in [3.63, 3.8) is 0 Å². The lowest BCUT2D eigenvalue weighted by molar-refractivity contribution is -0.133. The third kappa shape index (κ3) is 5.19. The Hall–Kier alpha value is -3.88. The number of carbonyl (C=O) groups excluding carboxylic acids is 1. The van der Waals surface area contributed by atoms with Crippen LogP contribution in [0.25, 0.3) is 0 Å². The van der Waals surface area contributed by atoms with Crippen LogP contribution in [0.3, 0.4) is 0 Å². The average Bonchev–Trinajstić information content (AvgIpc) is 2.84. The van der Waals surface area contributed by atoms with Crippen molar-refractivity contribution in [1.82, 2.24) is 20.1 Å². The van der Waals surface area contributed by atoms with Crippen molar-refractivity contribution in [1.29, 1.82) is 0 Å². The van der Waals surface area contributed by atoms with Crippen LogP contribution in [0, 0.1) is 0 Å². The molecule has 0 bridgehead atoms. The van der Waals surface area contributed by atoms with Crippen LogP contribution in [0.2, 0.25) is 0 Å². The number of carbonyl (C=O) groups is 1. The van der Waals surface area contributed by atoms with Gasteiger partial charge in [-0.25, -0.2) is 0 Å². The van der Waals surface area contributed by atoms with Gasteiger partial charge in [0.15, 0.2) is 29.7 Å². The highest BCUT2D eigenvalue weighted by atomic mass is 16.5. The number of benzene rings is 1. The normalized spacial score (nSPS) is 13.6. The first-order valence-corrected chi connectivity index (χ1v) is 10.0. The number of hydrogen-bond acceptors (Lipinski definition) is 8. The fraction of sp³-hybridized carbons (Fsp3) is 0.273. The van der Waals surface area contributed by atoms with Crippen LogP contribution in [0.5, 0.6) is 11.5 Å². The first-order chi connectivity index (χ1) is 15.2. The number of nitrogens with one attached hydrogen (secondary N) is 1. The van der Waals surface area contributed by atoms with E-state index in [-0.39, 0.29) is 12.5 Å². The molecule has 160 valence electrons. The van der Waals surface area contributed by atoms with E-state index in [1.165, 1.54) is 0 Å². The van der Waals surface area contributed by atoms with E-state index in [4.69, 9.17) is 9.47 Å². The van der Waals surface area contributed by atoms with Crippen molar-refractivity contribution in [3.8, 4) is 11.5 Å². The third-order valence-corrected chi connectivity index (χ3v) is 4.98. The van der Waals surface area contributed by atoms with Crippen molar-refractivity contribution in [2.45, 2.75) is 0 Å². The van der Waals surface area contributed by atoms with Crippen molar-refractivity contribution in [2.24, 2.45) is 0 Å². The second kappa shape index (κ2) is 9.75. The maximum absolute atomic E-state index is 12.5. The second-order valence-electron chi connectivity index (χ2n) is 6.95. The maximum atomic E-state index is 12.5. The lowest BCUT2D eigenvalue weighted by Crippen LogP contribution is -2.50. The van der Waals surface area contributed by atoms with Gasteiger partial charge >= 0.3 is 0 Å². The van der Waals surface area contributed by atoms with E-state index < -0.39 is 0 Å². The summed E-state index contributed by atoms with van der Waals surface area (Å²) in [6.45, 7) is 2.56. The van der Waals surface area contributed by atoms with Gasteiger partial charge < -0.3 is 24.6 Å². The van der Waals surface area contributed by atoms with Crippen molar-refractivity contribution < 1.29 is 14.3 Å². The number of amides is 1. The van der Waals surface area contributed by atoms with Crippen LogP contribution < -0.4 is 19.7 Å². The Morgan fingerprint density at radius 2 is 1.71 bits per heavy atom. The number of methoxy groups -OCH3 is 1. The molecule has 0 radical (unpaired) electrons. The van der Waals surface area contributed by atoms with Gasteiger partial charge in [-0.3, -0.25) is 9.78 Å². The van der Waals surface area contributed by atoms with Crippen LogP contribution in [-0.2, 0) is 4.79 Å². The zero-order valence-corrected chi connectivity index (χ0v) is 17.3. The van der Waals surface area contributed by atoms with E-state index in [0.29, 0.717) is 43.5 Å². The summed E-state index contributed by atoms with van der Waals surface area (Å²) in [6, 6.07) is 14.8. The SMILES string of the molecule is COc1ccccc1OCC(=O)N1CCN(c2ccc(Nc3ccncc3)nn2)CC1. The first kappa shape index (κ1) is 20.4. The van der Waals surface area contributed by atoms with Crippen LogP contribution in [-0.4, -0.2) is 65.9 Å². The second-order valence-corrected chi connectivity index (χ2v) is 6.95. The molecule has 1 fully saturated rings. The minimum atomic E-state index is -0.0476. The largest absolute Gasteiger partial charge is 0.493 e. The zero-order chi connectivity index (χ0) is 21.5. The predicted octanol–water partition coefficient (Wildman–Crippen LogP) is 2.35. The highest BCUT2D eigenvalue weighted by Crippen LogP contribution is 2.25. The molecule has 0 aliphatic carbocycles. The third-order valence-electron chi connectivity index (χ3n) is 4.98. The molecule has 0 spiro atoms. The number of piperazine rings is 1. The number of ether oxygens (including phenoxy) is 2. The number of anilines is 3. The molecule has 1 aromatic carbocycles. The molecule has 0 unspecified atom stereocenters. The minimum Gasteiger partial charge on any atom is -0.493 e. The summed E-state index contributed by atoms with van der Waals surface area (Å²) in [5.41, 5.74) is 0.902. The van der Waals surface area contributed by atoms with E-state index >= 15 is 0 Å². The zero-order valence-electron chi connectivity index (χ0n) is 17.3. The van der Waals surface area contributed by atoms with E-state index in [1.54, 1.807) is 36.5 Å². The smallest absolute Gasteiger partial charge is 0.260 e. The van der Waals surface area contributed by atoms with Crippen molar-refractivity contribution in [2.75, 3.05) is 50.1 Å². The first-order valence-electron chi connectivity index (χ1n) is 10.0. The molecule has 1 saturated heterocycles. The fourth-order valence-electron chi connectivity index (χ4n) is 3.30. The molecule has 2 aromatic heterocycles. The number of rotatable bonds is 7. The van der Waals surface area contributed by atoms with Gasteiger partial charge in [0, 0.05) is 44.3 Å². The molecule has 3 aromatic rings. The molecule has 9 nitrogen and oxygen atoms in total. The molecule has 1 aliphatic heterocycles. The predicted molar refractivity (Wildman–Crippen MR) is 117 cm³/mol. The van der Waals surface area contributed by atoms with E-state index in [9.17, 15) is 4.79 Å². The van der Waals surface area contributed by atoms with E-state index in [2.05, 4.69) is 25.4 Å². The van der Waals surface area contributed by atoms with Gasteiger partial charge in [0.05, 0.1) is 7.11 Å².